The highest BCUT2D eigenvalue weighted by molar-refractivity contribution is 7.98. The van der Waals surface area contributed by atoms with Gasteiger partial charge in [0.05, 0.1) is 19.2 Å². The number of hydrogen-bond donors (Lipinski definition) is 1. The van der Waals surface area contributed by atoms with E-state index in [9.17, 15) is 5.11 Å². The maximum absolute atomic E-state index is 10.1. The van der Waals surface area contributed by atoms with E-state index in [1.54, 1.807) is 17.8 Å². The Morgan fingerprint density at radius 1 is 1.10 bits per heavy atom. The van der Waals surface area contributed by atoms with Crippen LogP contribution in [-0.2, 0) is 30.1 Å². The molecule has 4 rings (SSSR count). The number of hydrogen-bond acceptors (Lipinski definition) is 6. The number of rotatable bonds is 9. The van der Waals surface area contributed by atoms with Gasteiger partial charge in [-0.15, -0.1) is 10.2 Å². The highest BCUT2D eigenvalue weighted by Crippen LogP contribution is 2.26. The van der Waals surface area contributed by atoms with E-state index in [0.717, 1.165) is 48.3 Å². The molecule has 1 aromatic heterocycles. The Morgan fingerprint density at radius 2 is 1.87 bits per heavy atom. The quantitative estimate of drug-likeness (QED) is 0.500. The summed E-state index contributed by atoms with van der Waals surface area (Å²) >= 11 is 1.73. The summed E-state index contributed by atoms with van der Waals surface area (Å²) in [4.78, 5) is 2.15. The number of ether oxygens (including phenoxy) is 1. The molecule has 1 unspecified atom stereocenters. The van der Waals surface area contributed by atoms with Crippen molar-refractivity contribution in [2.45, 2.75) is 56.4 Å². The zero-order valence-corrected chi connectivity index (χ0v) is 19.0. The number of aromatic nitrogens is 3. The van der Waals surface area contributed by atoms with Gasteiger partial charge < -0.3 is 14.4 Å². The molecule has 1 fully saturated rings. The van der Waals surface area contributed by atoms with Gasteiger partial charge in [0, 0.05) is 24.5 Å². The Kier molecular flexibility index (Phi) is 7.27. The molecule has 0 amide bonds. The second-order valence-corrected chi connectivity index (χ2v) is 9.10. The van der Waals surface area contributed by atoms with Gasteiger partial charge in [-0.2, -0.15) is 0 Å². The maximum Gasteiger partial charge on any atom is 0.191 e. The van der Waals surface area contributed by atoms with Gasteiger partial charge in [0.25, 0.3) is 0 Å². The molecule has 0 saturated carbocycles. The van der Waals surface area contributed by atoms with E-state index in [0.29, 0.717) is 18.8 Å². The molecule has 1 N–H and O–H groups in total. The van der Waals surface area contributed by atoms with Gasteiger partial charge in [-0.1, -0.05) is 54.2 Å². The zero-order valence-electron chi connectivity index (χ0n) is 18.2. The summed E-state index contributed by atoms with van der Waals surface area (Å²) in [5.74, 6) is 2.12. The Hall–Kier alpha value is -2.35. The summed E-state index contributed by atoms with van der Waals surface area (Å²) in [6.45, 7) is 5.06. The molecule has 1 saturated heterocycles. The first-order chi connectivity index (χ1) is 15.1. The molecule has 31 heavy (non-hydrogen) atoms. The van der Waals surface area contributed by atoms with Gasteiger partial charge in [0.15, 0.2) is 5.16 Å². The lowest BCUT2D eigenvalue weighted by Crippen LogP contribution is -2.23. The molecule has 3 aromatic rings. The summed E-state index contributed by atoms with van der Waals surface area (Å²) < 4.78 is 8.12. The van der Waals surface area contributed by atoms with Crippen LogP contribution in [0.15, 0.2) is 53.7 Å². The Balaban J connectivity index is 1.49. The van der Waals surface area contributed by atoms with Crippen LogP contribution in [-0.4, -0.2) is 44.5 Å². The molecule has 6 nitrogen and oxygen atoms in total. The van der Waals surface area contributed by atoms with E-state index in [1.165, 1.54) is 11.1 Å². The number of aromatic hydroxyl groups is 1. The molecular formula is C24H30N4O2S. The van der Waals surface area contributed by atoms with Gasteiger partial charge in [0.2, 0.25) is 0 Å². The fraction of sp³-hybridized carbons (Fsp3) is 0.417. The van der Waals surface area contributed by atoms with Crippen molar-refractivity contribution >= 4 is 11.8 Å². The summed E-state index contributed by atoms with van der Waals surface area (Å²) in [6, 6.07) is 15.9. The van der Waals surface area contributed by atoms with E-state index in [-0.39, 0.29) is 6.10 Å². The number of phenolic OH excluding ortho intramolecular Hbond substituents is 1. The summed E-state index contributed by atoms with van der Waals surface area (Å²) in [7, 11) is 2.04. The molecule has 0 radical (unpaired) electrons. The van der Waals surface area contributed by atoms with E-state index < -0.39 is 0 Å². The van der Waals surface area contributed by atoms with Crippen LogP contribution in [0.2, 0.25) is 0 Å². The van der Waals surface area contributed by atoms with Crippen LogP contribution < -0.4 is 0 Å². The molecule has 0 spiro atoms. The third-order valence-corrected chi connectivity index (χ3v) is 6.68. The topological polar surface area (TPSA) is 63.4 Å². The van der Waals surface area contributed by atoms with Gasteiger partial charge in [0.1, 0.15) is 11.6 Å². The molecule has 2 aromatic carbocycles. The molecule has 1 aliphatic rings. The number of benzene rings is 2. The van der Waals surface area contributed by atoms with Crippen LogP contribution >= 0.6 is 11.8 Å². The highest BCUT2D eigenvalue weighted by atomic mass is 32.2. The average Bonchev–Trinajstić information content (AvgIpc) is 3.40. The Labute approximate surface area is 188 Å². The van der Waals surface area contributed by atoms with Gasteiger partial charge >= 0.3 is 0 Å². The first kappa shape index (κ1) is 21.9. The molecule has 2 heterocycles. The minimum Gasteiger partial charge on any atom is -0.508 e. The standard InChI is InChI=1S/C24H30N4O2S/c1-18-8-3-4-10-20(18)17-31-24-26-25-23(28(24)15-21-11-7-13-30-21)16-27(2)14-19-9-5-6-12-22(19)29/h3-6,8-10,12,21,29H,7,11,13-17H2,1-2H3. The predicted molar refractivity (Wildman–Crippen MR) is 123 cm³/mol. The zero-order chi connectivity index (χ0) is 21.6. The molecule has 1 atom stereocenters. The number of thioether (sulfide) groups is 1. The van der Waals surface area contributed by atoms with Crippen molar-refractivity contribution in [2.75, 3.05) is 13.7 Å². The normalized spacial score (nSPS) is 16.3. The van der Waals surface area contributed by atoms with Crippen LogP contribution in [0.4, 0.5) is 0 Å². The van der Waals surface area contributed by atoms with Crippen molar-refractivity contribution in [3.8, 4) is 5.75 Å². The first-order valence-electron chi connectivity index (χ1n) is 10.8. The van der Waals surface area contributed by atoms with E-state index >= 15 is 0 Å². The van der Waals surface area contributed by atoms with Crippen molar-refractivity contribution in [1.29, 1.82) is 0 Å². The number of phenols is 1. The first-order valence-corrected chi connectivity index (χ1v) is 11.7. The molecule has 0 aliphatic carbocycles. The van der Waals surface area contributed by atoms with Gasteiger partial charge in [-0.05, 0) is 44.0 Å². The highest BCUT2D eigenvalue weighted by Gasteiger charge is 2.22. The van der Waals surface area contributed by atoms with Crippen LogP contribution in [0.1, 0.15) is 35.4 Å². The number of nitrogens with zero attached hydrogens (tertiary/aromatic N) is 4. The SMILES string of the molecule is Cc1ccccc1CSc1nnc(CN(C)Cc2ccccc2O)n1CC1CCCO1. The number of para-hydroxylation sites is 1. The van der Waals surface area contributed by atoms with Gasteiger partial charge in [-0.25, -0.2) is 0 Å². The lowest BCUT2D eigenvalue weighted by Gasteiger charge is -2.19. The van der Waals surface area contributed by atoms with E-state index in [1.807, 2.05) is 25.2 Å². The smallest absolute Gasteiger partial charge is 0.191 e. The average molecular weight is 439 g/mol. The maximum atomic E-state index is 10.1. The molecule has 164 valence electrons. The fourth-order valence-corrected chi connectivity index (χ4v) is 4.91. The van der Waals surface area contributed by atoms with Crippen LogP contribution in [0.5, 0.6) is 5.75 Å². The van der Waals surface area contributed by atoms with Gasteiger partial charge in [-0.3, -0.25) is 4.90 Å². The lowest BCUT2D eigenvalue weighted by molar-refractivity contribution is 0.0934. The minimum atomic E-state index is 0.219. The minimum absolute atomic E-state index is 0.219. The molecular weight excluding hydrogens is 408 g/mol. The summed E-state index contributed by atoms with van der Waals surface area (Å²) in [5.41, 5.74) is 3.52. The van der Waals surface area contributed by atoms with Crippen LogP contribution in [0, 0.1) is 6.92 Å². The predicted octanol–water partition coefficient (Wildman–Crippen LogP) is 4.40. The van der Waals surface area contributed by atoms with Crippen molar-refractivity contribution in [2.24, 2.45) is 0 Å². The van der Waals surface area contributed by atoms with Crippen LogP contribution in [0.25, 0.3) is 0 Å². The second kappa shape index (κ2) is 10.3. The molecule has 0 bridgehead atoms. The Bertz CT molecular complexity index is 1000. The monoisotopic (exact) mass is 438 g/mol. The molecule has 1 aliphatic heterocycles. The number of aryl methyl sites for hydroxylation is 1. The van der Waals surface area contributed by atoms with Crippen molar-refractivity contribution in [1.82, 2.24) is 19.7 Å². The largest absolute Gasteiger partial charge is 0.508 e. The molecule has 7 heteroatoms. The third-order valence-electron chi connectivity index (χ3n) is 5.66. The summed E-state index contributed by atoms with van der Waals surface area (Å²) in [6.07, 6.45) is 2.41. The fourth-order valence-electron chi connectivity index (χ4n) is 3.87. The third kappa shape index (κ3) is 5.67. The summed E-state index contributed by atoms with van der Waals surface area (Å²) in [5, 5.41) is 20.1. The van der Waals surface area contributed by atoms with E-state index in [4.69, 9.17) is 4.74 Å². The second-order valence-electron chi connectivity index (χ2n) is 8.16. The van der Waals surface area contributed by atoms with Crippen LogP contribution in [0.3, 0.4) is 0 Å². The van der Waals surface area contributed by atoms with Crippen molar-refractivity contribution in [3.05, 3.63) is 71.0 Å². The van der Waals surface area contributed by atoms with E-state index in [2.05, 4.69) is 50.9 Å². The lowest BCUT2D eigenvalue weighted by atomic mass is 10.1. The van der Waals surface area contributed by atoms with Crippen molar-refractivity contribution in [3.63, 3.8) is 0 Å². The van der Waals surface area contributed by atoms with Crippen molar-refractivity contribution < 1.29 is 9.84 Å². The Morgan fingerprint density at radius 3 is 2.61 bits per heavy atom.